The number of nitrogens with zero attached hydrogens (tertiary/aromatic N) is 3. The van der Waals surface area contributed by atoms with E-state index >= 15 is 0 Å². The van der Waals surface area contributed by atoms with Crippen molar-refractivity contribution in [1.29, 1.82) is 0 Å². The van der Waals surface area contributed by atoms with Crippen LogP contribution in [0.3, 0.4) is 0 Å². The number of carbonyl (C=O) groups excluding carboxylic acids is 2. The monoisotopic (exact) mass is 390 g/mol. The Morgan fingerprint density at radius 3 is 2.61 bits per heavy atom. The fourth-order valence-corrected chi connectivity index (χ4v) is 3.19. The number of imide groups is 1. The first kappa shape index (κ1) is 16.4. The molecule has 2 aromatic rings. The molecule has 23 heavy (non-hydrogen) atoms. The van der Waals surface area contributed by atoms with Crippen LogP contribution in [0.1, 0.15) is 18.2 Å². The van der Waals surface area contributed by atoms with E-state index in [1.54, 1.807) is 25.1 Å². The van der Waals surface area contributed by atoms with E-state index in [0.717, 1.165) is 16.4 Å². The average molecular weight is 392 g/mol. The van der Waals surface area contributed by atoms with Gasteiger partial charge in [-0.1, -0.05) is 45.4 Å². The van der Waals surface area contributed by atoms with E-state index in [4.69, 9.17) is 34.8 Å². The SMILES string of the molecule is CC1(c2ccc(Cl)c(Cl)c2)NC(=O)N(Cc2nnsc2Cl)C1=O. The van der Waals surface area contributed by atoms with Crippen molar-refractivity contribution in [2.45, 2.75) is 19.0 Å². The molecule has 3 amide bonds. The van der Waals surface area contributed by atoms with Gasteiger partial charge in [-0.25, -0.2) is 4.79 Å². The number of hydrogen-bond donors (Lipinski definition) is 1. The van der Waals surface area contributed by atoms with Gasteiger partial charge in [0.1, 0.15) is 15.6 Å². The molecular formula is C13H9Cl3N4O2S. The van der Waals surface area contributed by atoms with Gasteiger partial charge in [0.15, 0.2) is 0 Å². The maximum Gasteiger partial charge on any atom is 0.325 e. The Bertz CT molecular complexity index is 812. The van der Waals surface area contributed by atoms with E-state index in [0.29, 0.717) is 25.6 Å². The summed E-state index contributed by atoms with van der Waals surface area (Å²) in [5, 5.41) is 7.16. The van der Waals surface area contributed by atoms with Crippen LogP contribution < -0.4 is 5.32 Å². The second-order valence-corrected chi connectivity index (χ2v) is 7.24. The Balaban J connectivity index is 1.93. The molecule has 0 radical (unpaired) electrons. The number of nitrogens with one attached hydrogen (secondary N) is 1. The normalized spacial score (nSPS) is 21.0. The second kappa shape index (κ2) is 5.90. The largest absolute Gasteiger partial charge is 0.325 e. The molecule has 2 heterocycles. The Morgan fingerprint density at radius 2 is 2.00 bits per heavy atom. The zero-order valence-electron chi connectivity index (χ0n) is 11.6. The third-order valence-electron chi connectivity index (χ3n) is 3.59. The number of aromatic nitrogens is 2. The summed E-state index contributed by atoms with van der Waals surface area (Å²) in [5.74, 6) is -0.426. The molecule has 3 rings (SSSR count). The summed E-state index contributed by atoms with van der Waals surface area (Å²) in [6.07, 6.45) is 0. The topological polar surface area (TPSA) is 75.2 Å². The highest BCUT2D eigenvalue weighted by Gasteiger charge is 2.49. The number of benzene rings is 1. The molecule has 120 valence electrons. The van der Waals surface area contributed by atoms with Crippen molar-refractivity contribution in [3.05, 3.63) is 43.8 Å². The summed E-state index contributed by atoms with van der Waals surface area (Å²) in [5.41, 5.74) is -0.324. The molecule has 1 saturated heterocycles. The van der Waals surface area contributed by atoms with Crippen LogP contribution in [0.15, 0.2) is 18.2 Å². The standard InChI is InChI=1S/C13H9Cl3N4O2S/c1-13(6-2-3-7(14)8(15)4-6)11(21)20(12(22)17-13)5-9-10(16)23-19-18-9/h2-4H,5H2,1H3,(H,17,22). The summed E-state index contributed by atoms with van der Waals surface area (Å²) in [4.78, 5) is 26.0. The van der Waals surface area contributed by atoms with Crippen molar-refractivity contribution in [3.63, 3.8) is 0 Å². The molecule has 0 saturated carbocycles. The van der Waals surface area contributed by atoms with Crippen LogP contribution in [0.2, 0.25) is 14.4 Å². The molecule has 1 unspecified atom stereocenters. The van der Waals surface area contributed by atoms with Crippen molar-refractivity contribution in [2.75, 3.05) is 0 Å². The van der Waals surface area contributed by atoms with Gasteiger partial charge < -0.3 is 5.32 Å². The summed E-state index contributed by atoms with van der Waals surface area (Å²) in [7, 11) is 0. The first-order valence-corrected chi connectivity index (χ1v) is 8.30. The average Bonchev–Trinajstić information content (AvgIpc) is 3.00. The van der Waals surface area contributed by atoms with Crippen LogP contribution in [0, 0.1) is 0 Å². The minimum Gasteiger partial charge on any atom is -0.319 e. The number of amides is 3. The first-order valence-electron chi connectivity index (χ1n) is 6.39. The molecule has 1 atom stereocenters. The molecule has 10 heteroatoms. The Morgan fingerprint density at radius 1 is 1.26 bits per heavy atom. The fourth-order valence-electron chi connectivity index (χ4n) is 2.28. The van der Waals surface area contributed by atoms with Gasteiger partial charge in [0.25, 0.3) is 5.91 Å². The van der Waals surface area contributed by atoms with Crippen LogP contribution in [-0.4, -0.2) is 26.4 Å². The van der Waals surface area contributed by atoms with E-state index in [9.17, 15) is 9.59 Å². The molecule has 1 aliphatic heterocycles. The number of carbonyl (C=O) groups is 2. The van der Waals surface area contributed by atoms with E-state index in [2.05, 4.69) is 14.9 Å². The van der Waals surface area contributed by atoms with Crippen LogP contribution >= 0.6 is 46.3 Å². The third-order valence-corrected chi connectivity index (χ3v) is 5.31. The predicted molar refractivity (Wildman–Crippen MR) is 87.8 cm³/mol. The molecule has 1 fully saturated rings. The van der Waals surface area contributed by atoms with Crippen molar-refractivity contribution < 1.29 is 9.59 Å². The van der Waals surface area contributed by atoms with Gasteiger partial charge in [0.2, 0.25) is 0 Å². The first-order chi connectivity index (χ1) is 10.8. The molecule has 1 aromatic carbocycles. The van der Waals surface area contributed by atoms with Crippen molar-refractivity contribution in [3.8, 4) is 0 Å². The van der Waals surface area contributed by atoms with Crippen molar-refractivity contribution in [1.82, 2.24) is 19.8 Å². The van der Waals surface area contributed by atoms with Gasteiger partial charge in [-0.05, 0) is 24.6 Å². The lowest BCUT2D eigenvalue weighted by Gasteiger charge is -2.22. The summed E-state index contributed by atoms with van der Waals surface area (Å²) in [6.45, 7) is 1.56. The van der Waals surface area contributed by atoms with E-state index < -0.39 is 17.5 Å². The minimum absolute atomic E-state index is 0.0447. The van der Waals surface area contributed by atoms with Gasteiger partial charge in [-0.2, -0.15) is 0 Å². The predicted octanol–water partition coefficient (Wildman–Crippen LogP) is 3.47. The van der Waals surface area contributed by atoms with Gasteiger partial charge >= 0.3 is 6.03 Å². The highest BCUT2D eigenvalue weighted by Crippen LogP contribution is 2.34. The molecule has 1 N–H and O–H groups in total. The fraction of sp³-hybridized carbons (Fsp3) is 0.231. The Labute approximate surface area is 150 Å². The second-order valence-electron chi connectivity index (χ2n) is 5.07. The van der Waals surface area contributed by atoms with E-state index in [1.807, 2.05) is 0 Å². The summed E-state index contributed by atoms with van der Waals surface area (Å²) in [6, 6.07) is 4.25. The third kappa shape index (κ3) is 2.78. The minimum atomic E-state index is -1.23. The molecule has 6 nitrogen and oxygen atoms in total. The lowest BCUT2D eigenvalue weighted by atomic mass is 9.92. The molecular weight excluding hydrogens is 383 g/mol. The van der Waals surface area contributed by atoms with E-state index in [1.165, 1.54) is 0 Å². The quantitative estimate of drug-likeness (QED) is 0.813. The van der Waals surface area contributed by atoms with Crippen LogP contribution in [-0.2, 0) is 16.9 Å². The zero-order chi connectivity index (χ0) is 16.8. The maximum atomic E-state index is 12.8. The van der Waals surface area contributed by atoms with E-state index in [-0.39, 0.29) is 6.54 Å². The zero-order valence-corrected chi connectivity index (χ0v) is 14.7. The highest BCUT2D eigenvalue weighted by molar-refractivity contribution is 7.10. The molecule has 0 bridgehead atoms. The molecule has 0 aliphatic carbocycles. The van der Waals surface area contributed by atoms with Crippen LogP contribution in [0.4, 0.5) is 4.79 Å². The Hall–Kier alpha value is -1.41. The smallest absolute Gasteiger partial charge is 0.319 e. The number of urea groups is 1. The van der Waals surface area contributed by atoms with Crippen LogP contribution in [0.25, 0.3) is 0 Å². The van der Waals surface area contributed by atoms with Gasteiger partial charge in [-0.15, -0.1) is 5.10 Å². The van der Waals surface area contributed by atoms with Crippen LogP contribution in [0.5, 0.6) is 0 Å². The Kier molecular flexibility index (Phi) is 4.22. The summed E-state index contributed by atoms with van der Waals surface area (Å²) >= 11 is 18.8. The number of hydrogen-bond acceptors (Lipinski definition) is 5. The molecule has 0 spiro atoms. The van der Waals surface area contributed by atoms with Crippen molar-refractivity contribution in [2.24, 2.45) is 0 Å². The highest BCUT2D eigenvalue weighted by atomic mass is 35.5. The lowest BCUT2D eigenvalue weighted by molar-refractivity contribution is -0.131. The lowest BCUT2D eigenvalue weighted by Crippen LogP contribution is -2.40. The molecule has 1 aliphatic rings. The summed E-state index contributed by atoms with van der Waals surface area (Å²) < 4.78 is 4.03. The number of halogens is 3. The van der Waals surface area contributed by atoms with Gasteiger partial charge in [0, 0.05) is 11.5 Å². The maximum absolute atomic E-state index is 12.8. The number of rotatable bonds is 3. The van der Waals surface area contributed by atoms with Crippen molar-refractivity contribution >= 4 is 58.3 Å². The van der Waals surface area contributed by atoms with Gasteiger partial charge in [-0.3, -0.25) is 9.69 Å². The molecule has 1 aromatic heterocycles. The van der Waals surface area contributed by atoms with Gasteiger partial charge in [0.05, 0.1) is 16.6 Å².